The molecule has 94 valence electrons. The van der Waals surface area contributed by atoms with Gasteiger partial charge in [-0.1, -0.05) is 13.8 Å². The zero-order valence-electron chi connectivity index (χ0n) is 9.63. The number of hydrogen-bond acceptors (Lipinski definition) is 3. The van der Waals surface area contributed by atoms with Crippen molar-refractivity contribution in [3.63, 3.8) is 0 Å². The molecule has 0 saturated heterocycles. The van der Waals surface area contributed by atoms with Gasteiger partial charge in [0.2, 0.25) is 5.91 Å². The van der Waals surface area contributed by atoms with Crippen LogP contribution in [-0.2, 0) is 4.79 Å². The Morgan fingerprint density at radius 3 is 2.47 bits per heavy atom. The standard InChI is InChI=1S/C11H15F2N3O/c1-5(2)9(15)11(17)16-10-7(14)4-3-6(12)8(10)13/h3-5,9H,14-15H2,1-2H3,(H,16,17). The van der Waals surface area contributed by atoms with Crippen LogP contribution in [0.1, 0.15) is 13.8 Å². The minimum absolute atomic E-state index is 0.0480. The molecular formula is C11H15F2N3O. The van der Waals surface area contributed by atoms with Gasteiger partial charge in [-0.05, 0) is 18.1 Å². The minimum atomic E-state index is -1.19. The predicted octanol–water partition coefficient (Wildman–Crippen LogP) is 1.47. The third-order valence-electron chi connectivity index (χ3n) is 2.40. The second-order valence-electron chi connectivity index (χ2n) is 4.08. The molecule has 1 aromatic carbocycles. The van der Waals surface area contributed by atoms with Crippen molar-refractivity contribution in [2.45, 2.75) is 19.9 Å². The Balaban J connectivity index is 2.96. The highest BCUT2D eigenvalue weighted by molar-refractivity contribution is 5.97. The molecule has 0 aromatic heterocycles. The molecule has 5 N–H and O–H groups in total. The van der Waals surface area contributed by atoms with Crippen LogP contribution in [0.25, 0.3) is 0 Å². The molecule has 6 heteroatoms. The molecule has 0 heterocycles. The van der Waals surface area contributed by atoms with Crippen molar-refractivity contribution in [2.75, 3.05) is 11.1 Å². The summed E-state index contributed by atoms with van der Waals surface area (Å²) in [5.41, 5.74) is 10.6. The Labute approximate surface area is 98.0 Å². The third kappa shape index (κ3) is 2.91. The number of hydrogen-bond donors (Lipinski definition) is 3. The molecule has 1 unspecified atom stereocenters. The van der Waals surface area contributed by atoms with Gasteiger partial charge in [0.1, 0.15) is 5.69 Å². The van der Waals surface area contributed by atoms with E-state index in [9.17, 15) is 13.6 Å². The molecule has 4 nitrogen and oxygen atoms in total. The zero-order chi connectivity index (χ0) is 13.2. The molecule has 1 rings (SSSR count). The van der Waals surface area contributed by atoms with E-state index in [1.54, 1.807) is 13.8 Å². The van der Waals surface area contributed by atoms with Crippen LogP contribution < -0.4 is 16.8 Å². The fourth-order valence-electron chi connectivity index (χ4n) is 1.20. The number of benzene rings is 1. The minimum Gasteiger partial charge on any atom is -0.397 e. The predicted molar refractivity (Wildman–Crippen MR) is 62.2 cm³/mol. The van der Waals surface area contributed by atoms with Crippen LogP contribution in [0.4, 0.5) is 20.2 Å². The Hall–Kier alpha value is -1.69. The van der Waals surface area contributed by atoms with E-state index < -0.39 is 23.6 Å². The second kappa shape index (κ2) is 5.09. The first-order valence-corrected chi connectivity index (χ1v) is 5.14. The normalized spacial score (nSPS) is 12.6. The van der Waals surface area contributed by atoms with Crippen molar-refractivity contribution in [1.29, 1.82) is 0 Å². The lowest BCUT2D eigenvalue weighted by Gasteiger charge is -2.16. The van der Waals surface area contributed by atoms with Gasteiger partial charge in [-0.25, -0.2) is 8.78 Å². The summed E-state index contributed by atoms with van der Waals surface area (Å²) in [6, 6.07) is 1.26. The van der Waals surface area contributed by atoms with Gasteiger partial charge in [0.25, 0.3) is 0 Å². The lowest BCUT2D eigenvalue weighted by molar-refractivity contribution is -0.118. The Morgan fingerprint density at radius 1 is 1.35 bits per heavy atom. The van der Waals surface area contributed by atoms with Gasteiger partial charge >= 0.3 is 0 Å². The first-order valence-electron chi connectivity index (χ1n) is 5.14. The van der Waals surface area contributed by atoms with Crippen LogP contribution >= 0.6 is 0 Å². The monoisotopic (exact) mass is 243 g/mol. The fraction of sp³-hybridized carbons (Fsp3) is 0.364. The summed E-state index contributed by atoms with van der Waals surface area (Å²) in [5, 5.41) is 2.20. The van der Waals surface area contributed by atoms with Crippen LogP contribution in [0.2, 0.25) is 0 Å². The Morgan fingerprint density at radius 2 is 1.94 bits per heavy atom. The molecule has 1 amide bonds. The summed E-state index contributed by atoms with van der Waals surface area (Å²) >= 11 is 0. The van der Waals surface area contributed by atoms with Crippen molar-refractivity contribution < 1.29 is 13.6 Å². The number of nitrogens with one attached hydrogen (secondary N) is 1. The summed E-state index contributed by atoms with van der Waals surface area (Å²) in [5.74, 6) is -2.98. The number of nitrogens with two attached hydrogens (primary N) is 2. The van der Waals surface area contributed by atoms with Gasteiger partial charge in [-0.2, -0.15) is 0 Å². The van der Waals surface area contributed by atoms with Crippen LogP contribution in [0, 0.1) is 17.6 Å². The molecule has 1 atom stereocenters. The molecule has 0 aliphatic rings. The summed E-state index contributed by atoms with van der Waals surface area (Å²) in [4.78, 5) is 11.6. The summed E-state index contributed by atoms with van der Waals surface area (Å²) in [6.45, 7) is 3.49. The van der Waals surface area contributed by atoms with E-state index in [-0.39, 0.29) is 17.3 Å². The molecule has 17 heavy (non-hydrogen) atoms. The van der Waals surface area contributed by atoms with Crippen molar-refractivity contribution in [3.05, 3.63) is 23.8 Å². The molecule has 0 fully saturated rings. The van der Waals surface area contributed by atoms with Crippen LogP contribution in [0.15, 0.2) is 12.1 Å². The van der Waals surface area contributed by atoms with E-state index in [1.165, 1.54) is 6.07 Å². The van der Waals surface area contributed by atoms with Crippen LogP contribution in [0.3, 0.4) is 0 Å². The van der Waals surface area contributed by atoms with Gasteiger partial charge < -0.3 is 16.8 Å². The van der Waals surface area contributed by atoms with Gasteiger partial charge in [-0.15, -0.1) is 0 Å². The van der Waals surface area contributed by atoms with E-state index in [2.05, 4.69) is 5.32 Å². The first-order chi connectivity index (χ1) is 7.84. The second-order valence-corrected chi connectivity index (χ2v) is 4.08. The highest BCUT2D eigenvalue weighted by atomic mass is 19.2. The maximum absolute atomic E-state index is 13.4. The maximum Gasteiger partial charge on any atom is 0.241 e. The number of nitrogen functional groups attached to an aromatic ring is 1. The smallest absolute Gasteiger partial charge is 0.241 e. The van der Waals surface area contributed by atoms with E-state index in [4.69, 9.17) is 11.5 Å². The van der Waals surface area contributed by atoms with Crippen molar-refractivity contribution in [1.82, 2.24) is 0 Å². The lowest BCUT2D eigenvalue weighted by atomic mass is 10.0. The van der Waals surface area contributed by atoms with Crippen molar-refractivity contribution in [2.24, 2.45) is 11.7 Å². The lowest BCUT2D eigenvalue weighted by Crippen LogP contribution is -2.40. The average Bonchev–Trinajstić information content (AvgIpc) is 2.28. The largest absolute Gasteiger partial charge is 0.397 e. The molecule has 0 aliphatic carbocycles. The Bertz CT molecular complexity index is 435. The highest BCUT2D eigenvalue weighted by Gasteiger charge is 2.20. The van der Waals surface area contributed by atoms with Crippen molar-refractivity contribution >= 4 is 17.3 Å². The molecule has 0 saturated carbocycles. The molecular weight excluding hydrogens is 228 g/mol. The molecule has 0 radical (unpaired) electrons. The van der Waals surface area contributed by atoms with Crippen LogP contribution in [-0.4, -0.2) is 11.9 Å². The van der Waals surface area contributed by atoms with E-state index in [0.717, 1.165) is 6.07 Å². The van der Waals surface area contributed by atoms with Gasteiger partial charge in [0, 0.05) is 0 Å². The first kappa shape index (κ1) is 13.4. The van der Waals surface area contributed by atoms with E-state index >= 15 is 0 Å². The van der Waals surface area contributed by atoms with E-state index in [1.807, 2.05) is 0 Å². The summed E-state index contributed by atoms with van der Waals surface area (Å²) in [7, 11) is 0. The van der Waals surface area contributed by atoms with Crippen molar-refractivity contribution in [3.8, 4) is 0 Å². The van der Waals surface area contributed by atoms with Gasteiger partial charge in [0.05, 0.1) is 11.7 Å². The van der Waals surface area contributed by atoms with Gasteiger partial charge in [-0.3, -0.25) is 4.79 Å². The molecule has 0 aliphatic heterocycles. The number of halogens is 2. The zero-order valence-corrected chi connectivity index (χ0v) is 9.63. The summed E-state index contributed by atoms with van der Waals surface area (Å²) < 4.78 is 26.3. The Kier molecular flexibility index (Phi) is 4.01. The van der Waals surface area contributed by atoms with Crippen LogP contribution in [0.5, 0.6) is 0 Å². The number of anilines is 2. The SMILES string of the molecule is CC(C)C(N)C(=O)Nc1c(N)ccc(F)c1F. The molecule has 1 aromatic rings. The fourth-order valence-corrected chi connectivity index (χ4v) is 1.20. The van der Waals surface area contributed by atoms with E-state index in [0.29, 0.717) is 0 Å². The molecule has 0 spiro atoms. The maximum atomic E-state index is 13.4. The number of carbonyl (C=O) groups excluding carboxylic acids is 1. The third-order valence-corrected chi connectivity index (χ3v) is 2.40. The average molecular weight is 243 g/mol. The highest BCUT2D eigenvalue weighted by Crippen LogP contribution is 2.24. The number of rotatable bonds is 3. The van der Waals surface area contributed by atoms with Gasteiger partial charge in [0.15, 0.2) is 11.6 Å². The number of amides is 1. The molecule has 0 bridgehead atoms. The quantitative estimate of drug-likeness (QED) is 0.703. The topological polar surface area (TPSA) is 81.1 Å². The number of carbonyl (C=O) groups is 1. The summed E-state index contributed by atoms with van der Waals surface area (Å²) in [6.07, 6.45) is 0.